The van der Waals surface area contributed by atoms with E-state index in [1.165, 1.54) is 23.9 Å². The van der Waals surface area contributed by atoms with Gasteiger partial charge in [-0.3, -0.25) is 10.1 Å². The van der Waals surface area contributed by atoms with Crippen LogP contribution in [0.25, 0.3) is 0 Å². The Morgan fingerprint density at radius 3 is 2.75 bits per heavy atom. The summed E-state index contributed by atoms with van der Waals surface area (Å²) in [5.41, 5.74) is 0.720. The molecule has 1 aromatic heterocycles. The van der Waals surface area contributed by atoms with Crippen LogP contribution in [-0.2, 0) is 5.75 Å². The number of hydrogen-bond donors (Lipinski definition) is 1. The molecule has 1 heterocycles. The summed E-state index contributed by atoms with van der Waals surface area (Å²) in [4.78, 5) is 22.0. The van der Waals surface area contributed by atoms with E-state index in [9.17, 15) is 14.9 Å². The normalized spacial score (nSPS) is 10.4. The number of thioether (sulfide) groups is 1. The first-order valence-electron chi connectivity index (χ1n) is 5.35. The van der Waals surface area contributed by atoms with E-state index in [1.54, 1.807) is 17.5 Å². The minimum absolute atomic E-state index is 0.0487. The maximum atomic E-state index is 10.8. The maximum absolute atomic E-state index is 10.8. The predicted octanol–water partition coefficient (Wildman–Crippen LogP) is 4.30. The first kappa shape index (κ1) is 14.8. The second-order valence-electron chi connectivity index (χ2n) is 3.77. The van der Waals surface area contributed by atoms with E-state index >= 15 is 0 Å². The van der Waals surface area contributed by atoms with Crippen LogP contribution in [0.5, 0.6) is 0 Å². The molecule has 0 aliphatic heterocycles. The first-order valence-corrected chi connectivity index (χ1v) is 7.59. The van der Waals surface area contributed by atoms with Crippen LogP contribution in [0.3, 0.4) is 0 Å². The molecular formula is C12H8ClNO4S2. The molecule has 0 unspecified atom stereocenters. The third kappa shape index (κ3) is 3.50. The van der Waals surface area contributed by atoms with Crippen molar-refractivity contribution in [3.05, 3.63) is 55.2 Å². The van der Waals surface area contributed by atoms with Gasteiger partial charge >= 0.3 is 5.97 Å². The highest BCUT2D eigenvalue weighted by Crippen LogP contribution is 2.31. The van der Waals surface area contributed by atoms with E-state index in [2.05, 4.69) is 0 Å². The highest BCUT2D eigenvalue weighted by molar-refractivity contribution is 7.98. The number of nitrogens with zero attached hydrogens (tertiary/aromatic N) is 1. The Bertz CT molecular complexity index is 671. The molecule has 0 radical (unpaired) electrons. The van der Waals surface area contributed by atoms with Gasteiger partial charge in [0.25, 0.3) is 5.69 Å². The summed E-state index contributed by atoms with van der Waals surface area (Å²) in [7, 11) is 0. The van der Waals surface area contributed by atoms with Crippen LogP contribution in [0, 0.1) is 10.1 Å². The molecule has 0 atom stereocenters. The van der Waals surface area contributed by atoms with Gasteiger partial charge in [0.05, 0.1) is 9.95 Å². The summed E-state index contributed by atoms with van der Waals surface area (Å²) in [5, 5.41) is 21.5. The summed E-state index contributed by atoms with van der Waals surface area (Å²) >= 11 is 8.58. The zero-order chi connectivity index (χ0) is 14.7. The average Bonchev–Trinajstić information content (AvgIpc) is 2.86. The lowest BCUT2D eigenvalue weighted by molar-refractivity contribution is -0.384. The Morgan fingerprint density at radius 2 is 2.20 bits per heavy atom. The Hall–Kier alpha value is -1.57. The van der Waals surface area contributed by atoms with Crippen molar-refractivity contribution in [3.63, 3.8) is 0 Å². The SMILES string of the molecule is O=C(O)c1cc(SCc2ccc([N+](=O)[O-])cc2Cl)cs1. The molecule has 0 fully saturated rings. The molecule has 1 N–H and O–H groups in total. The molecule has 5 nitrogen and oxygen atoms in total. The zero-order valence-corrected chi connectivity index (χ0v) is 12.3. The molecule has 20 heavy (non-hydrogen) atoms. The number of carboxylic acid groups (broad SMARTS) is 1. The number of hydrogen-bond acceptors (Lipinski definition) is 5. The van der Waals surface area contributed by atoms with Crippen LogP contribution in [0.4, 0.5) is 5.69 Å². The van der Waals surface area contributed by atoms with Crippen molar-refractivity contribution >= 4 is 46.4 Å². The van der Waals surface area contributed by atoms with E-state index in [1.807, 2.05) is 0 Å². The van der Waals surface area contributed by atoms with Gasteiger partial charge in [0.2, 0.25) is 0 Å². The number of carboxylic acids is 1. The minimum Gasteiger partial charge on any atom is -0.477 e. The monoisotopic (exact) mass is 329 g/mol. The largest absolute Gasteiger partial charge is 0.477 e. The molecule has 0 aliphatic rings. The Kier molecular flexibility index (Phi) is 4.64. The summed E-state index contributed by atoms with van der Waals surface area (Å²) in [5.74, 6) is -0.428. The number of rotatable bonds is 5. The predicted molar refractivity (Wildman–Crippen MR) is 78.9 cm³/mol. The van der Waals surface area contributed by atoms with E-state index in [4.69, 9.17) is 16.7 Å². The number of thiophene rings is 1. The third-order valence-corrected chi connectivity index (χ3v) is 4.87. The Labute approximate surface area is 127 Å². The van der Waals surface area contributed by atoms with Crippen LogP contribution in [0.1, 0.15) is 15.2 Å². The molecule has 8 heteroatoms. The molecule has 2 aromatic rings. The molecule has 1 aromatic carbocycles. The fraction of sp³-hybridized carbons (Fsp3) is 0.0833. The van der Waals surface area contributed by atoms with Crippen molar-refractivity contribution in [2.45, 2.75) is 10.6 Å². The third-order valence-electron chi connectivity index (χ3n) is 2.43. The topological polar surface area (TPSA) is 80.4 Å². The highest BCUT2D eigenvalue weighted by atomic mass is 35.5. The Balaban J connectivity index is 2.06. The second-order valence-corrected chi connectivity index (χ2v) is 6.14. The summed E-state index contributed by atoms with van der Waals surface area (Å²) < 4.78 is 0. The maximum Gasteiger partial charge on any atom is 0.345 e. The van der Waals surface area contributed by atoms with Gasteiger partial charge in [0, 0.05) is 28.2 Å². The molecule has 0 amide bonds. The van der Waals surface area contributed by atoms with Gasteiger partial charge in [-0.15, -0.1) is 23.1 Å². The van der Waals surface area contributed by atoms with Gasteiger partial charge in [-0.2, -0.15) is 0 Å². The molecule has 2 rings (SSSR count). The number of benzene rings is 1. The second kappa shape index (κ2) is 6.25. The van der Waals surface area contributed by atoms with Crippen molar-refractivity contribution in [3.8, 4) is 0 Å². The standard InChI is InChI=1S/C12H8ClNO4S2/c13-10-3-8(14(17)18)2-1-7(10)5-19-9-4-11(12(15)16)20-6-9/h1-4,6H,5H2,(H,15,16). The number of carbonyl (C=O) groups is 1. The molecule has 0 spiro atoms. The molecule has 0 aliphatic carbocycles. The van der Waals surface area contributed by atoms with Crippen molar-refractivity contribution in [1.29, 1.82) is 0 Å². The van der Waals surface area contributed by atoms with Gasteiger partial charge in [-0.1, -0.05) is 11.6 Å². The van der Waals surface area contributed by atoms with Crippen LogP contribution in [0.2, 0.25) is 5.02 Å². The average molecular weight is 330 g/mol. The minimum atomic E-state index is -0.949. The van der Waals surface area contributed by atoms with Crippen LogP contribution < -0.4 is 0 Å². The van der Waals surface area contributed by atoms with Gasteiger partial charge in [0.15, 0.2) is 0 Å². The number of halogens is 1. The van der Waals surface area contributed by atoms with Crippen LogP contribution in [0.15, 0.2) is 34.5 Å². The van der Waals surface area contributed by atoms with Crippen molar-refractivity contribution in [1.82, 2.24) is 0 Å². The van der Waals surface area contributed by atoms with Crippen LogP contribution in [-0.4, -0.2) is 16.0 Å². The number of nitro groups is 1. The van der Waals surface area contributed by atoms with E-state index in [-0.39, 0.29) is 10.6 Å². The van der Waals surface area contributed by atoms with Crippen molar-refractivity contribution in [2.24, 2.45) is 0 Å². The fourth-order valence-corrected chi connectivity index (χ4v) is 3.63. The lowest BCUT2D eigenvalue weighted by Crippen LogP contribution is -1.90. The lowest BCUT2D eigenvalue weighted by atomic mass is 10.2. The first-order chi connectivity index (χ1) is 9.47. The van der Waals surface area contributed by atoms with Gasteiger partial charge in [-0.05, 0) is 17.7 Å². The fourth-order valence-electron chi connectivity index (χ4n) is 1.43. The number of non-ortho nitro benzene ring substituents is 1. The number of nitro benzene ring substituents is 1. The summed E-state index contributed by atoms with van der Waals surface area (Å²) in [6, 6.07) is 5.92. The van der Waals surface area contributed by atoms with Gasteiger partial charge in [-0.25, -0.2) is 4.79 Å². The molecule has 104 valence electrons. The number of aromatic carboxylic acids is 1. The smallest absolute Gasteiger partial charge is 0.345 e. The Morgan fingerprint density at radius 1 is 1.45 bits per heavy atom. The van der Waals surface area contributed by atoms with E-state index in [0.29, 0.717) is 10.8 Å². The zero-order valence-electron chi connectivity index (χ0n) is 9.91. The lowest BCUT2D eigenvalue weighted by Gasteiger charge is -2.02. The molecule has 0 saturated heterocycles. The van der Waals surface area contributed by atoms with Crippen molar-refractivity contribution in [2.75, 3.05) is 0 Å². The summed E-state index contributed by atoms with van der Waals surface area (Å²) in [6.07, 6.45) is 0. The van der Waals surface area contributed by atoms with Gasteiger partial charge < -0.3 is 5.11 Å². The quantitative estimate of drug-likeness (QED) is 0.502. The molecular weight excluding hydrogens is 322 g/mol. The molecule has 0 saturated carbocycles. The van der Waals surface area contributed by atoms with E-state index in [0.717, 1.165) is 21.8 Å². The van der Waals surface area contributed by atoms with Gasteiger partial charge in [0.1, 0.15) is 4.88 Å². The summed E-state index contributed by atoms with van der Waals surface area (Å²) in [6.45, 7) is 0. The highest BCUT2D eigenvalue weighted by Gasteiger charge is 2.11. The molecule has 0 bridgehead atoms. The van der Waals surface area contributed by atoms with E-state index < -0.39 is 10.9 Å². The van der Waals surface area contributed by atoms with Crippen molar-refractivity contribution < 1.29 is 14.8 Å². The van der Waals surface area contributed by atoms with Crippen LogP contribution >= 0.6 is 34.7 Å².